The summed E-state index contributed by atoms with van der Waals surface area (Å²) in [5.74, 6) is 0.943. The van der Waals surface area contributed by atoms with Gasteiger partial charge in [-0.15, -0.1) is 0 Å². The number of hydrogen-bond acceptors (Lipinski definition) is 3. The minimum absolute atomic E-state index is 0.103. The van der Waals surface area contributed by atoms with Gasteiger partial charge in [0.2, 0.25) is 0 Å². The van der Waals surface area contributed by atoms with Gasteiger partial charge in [-0.1, -0.05) is 18.2 Å². The van der Waals surface area contributed by atoms with Gasteiger partial charge in [0.25, 0.3) is 0 Å². The zero-order chi connectivity index (χ0) is 10.7. The van der Waals surface area contributed by atoms with Crippen LogP contribution in [-0.2, 0) is 0 Å². The van der Waals surface area contributed by atoms with Crippen LogP contribution in [0, 0.1) is 0 Å². The lowest BCUT2D eigenvalue weighted by molar-refractivity contribution is 0.834. The normalized spacial score (nSPS) is 12.9. The van der Waals surface area contributed by atoms with Gasteiger partial charge in [0, 0.05) is 23.4 Å². The Balaban J connectivity index is 2.38. The number of aromatic nitrogens is 1. The van der Waals surface area contributed by atoms with Gasteiger partial charge in [0.05, 0.1) is 5.52 Å². The maximum Gasteiger partial charge on any atom is 0.0705 e. The molecule has 2 aromatic rings. The van der Waals surface area contributed by atoms with Crippen LogP contribution in [0.5, 0.6) is 0 Å². The number of hydrogen-bond donors (Lipinski definition) is 1. The SMILES string of the molecule is CSCC(N)c1ccc2cccnc2c1. The van der Waals surface area contributed by atoms with Crippen molar-refractivity contribution in [3.05, 3.63) is 42.1 Å². The Morgan fingerprint density at radius 2 is 2.27 bits per heavy atom. The van der Waals surface area contributed by atoms with Crippen molar-refractivity contribution < 1.29 is 0 Å². The smallest absolute Gasteiger partial charge is 0.0705 e. The molecule has 0 aliphatic heterocycles. The number of pyridine rings is 1. The first kappa shape index (κ1) is 10.5. The van der Waals surface area contributed by atoms with Crippen LogP contribution in [0.15, 0.2) is 36.5 Å². The molecule has 1 unspecified atom stereocenters. The first-order valence-electron chi connectivity index (χ1n) is 4.90. The molecular weight excluding hydrogens is 204 g/mol. The van der Waals surface area contributed by atoms with Crippen LogP contribution in [0.2, 0.25) is 0 Å². The van der Waals surface area contributed by atoms with Crippen molar-refractivity contribution in [3.63, 3.8) is 0 Å². The third kappa shape index (κ3) is 2.30. The molecule has 0 fully saturated rings. The highest BCUT2D eigenvalue weighted by atomic mass is 32.2. The van der Waals surface area contributed by atoms with Crippen LogP contribution in [0.1, 0.15) is 11.6 Å². The fourth-order valence-electron chi connectivity index (χ4n) is 1.59. The molecule has 1 atom stereocenters. The third-order valence-electron chi connectivity index (χ3n) is 2.40. The minimum atomic E-state index is 0.103. The maximum atomic E-state index is 6.05. The van der Waals surface area contributed by atoms with E-state index in [0.717, 1.165) is 22.2 Å². The number of thioether (sulfide) groups is 1. The molecule has 0 aliphatic rings. The standard InChI is InChI=1S/C12H14N2S/c1-15-8-11(13)10-5-4-9-3-2-6-14-12(9)7-10/h2-7,11H,8,13H2,1H3. The van der Waals surface area contributed by atoms with Crippen LogP contribution >= 0.6 is 11.8 Å². The molecule has 0 spiro atoms. The van der Waals surface area contributed by atoms with Crippen LogP contribution in [0.25, 0.3) is 10.9 Å². The van der Waals surface area contributed by atoms with Gasteiger partial charge >= 0.3 is 0 Å². The van der Waals surface area contributed by atoms with E-state index < -0.39 is 0 Å². The highest BCUT2D eigenvalue weighted by molar-refractivity contribution is 7.98. The summed E-state index contributed by atoms with van der Waals surface area (Å²) in [5.41, 5.74) is 8.23. The van der Waals surface area contributed by atoms with E-state index >= 15 is 0 Å². The Bertz CT molecular complexity index is 456. The van der Waals surface area contributed by atoms with E-state index in [0.29, 0.717) is 0 Å². The topological polar surface area (TPSA) is 38.9 Å². The van der Waals surface area contributed by atoms with E-state index in [4.69, 9.17) is 5.73 Å². The third-order valence-corrected chi connectivity index (χ3v) is 3.10. The van der Waals surface area contributed by atoms with Crippen molar-refractivity contribution in [2.24, 2.45) is 5.73 Å². The summed E-state index contributed by atoms with van der Waals surface area (Å²) in [4.78, 5) is 4.32. The van der Waals surface area contributed by atoms with E-state index in [1.54, 1.807) is 11.8 Å². The predicted molar refractivity (Wildman–Crippen MR) is 67.1 cm³/mol. The van der Waals surface area contributed by atoms with Gasteiger partial charge in [0.1, 0.15) is 0 Å². The highest BCUT2D eigenvalue weighted by Gasteiger charge is 2.05. The largest absolute Gasteiger partial charge is 0.323 e. The molecule has 78 valence electrons. The average molecular weight is 218 g/mol. The van der Waals surface area contributed by atoms with Crippen molar-refractivity contribution in [1.29, 1.82) is 0 Å². The van der Waals surface area contributed by atoms with Gasteiger partial charge in [-0.05, 0) is 24.0 Å². The molecule has 0 saturated heterocycles. The van der Waals surface area contributed by atoms with E-state index in [2.05, 4.69) is 35.5 Å². The zero-order valence-corrected chi connectivity index (χ0v) is 9.50. The molecule has 2 rings (SSSR count). The molecule has 2 nitrogen and oxygen atoms in total. The second-order valence-electron chi connectivity index (χ2n) is 3.52. The molecule has 1 aromatic carbocycles. The van der Waals surface area contributed by atoms with Crippen LogP contribution in [0.3, 0.4) is 0 Å². The number of rotatable bonds is 3. The van der Waals surface area contributed by atoms with Gasteiger partial charge < -0.3 is 5.73 Å². The van der Waals surface area contributed by atoms with Crippen molar-refractivity contribution in [1.82, 2.24) is 4.98 Å². The van der Waals surface area contributed by atoms with Crippen molar-refractivity contribution in [2.45, 2.75) is 6.04 Å². The number of fused-ring (bicyclic) bond motifs is 1. The average Bonchev–Trinajstić information content (AvgIpc) is 2.29. The second-order valence-corrected chi connectivity index (χ2v) is 4.43. The Kier molecular flexibility index (Phi) is 3.23. The molecular formula is C12H14N2S. The van der Waals surface area contributed by atoms with Crippen LogP contribution in [0.4, 0.5) is 0 Å². The minimum Gasteiger partial charge on any atom is -0.323 e. The summed E-state index contributed by atoms with van der Waals surface area (Å²) in [6, 6.07) is 10.4. The summed E-state index contributed by atoms with van der Waals surface area (Å²) < 4.78 is 0. The lowest BCUT2D eigenvalue weighted by Gasteiger charge is -2.10. The summed E-state index contributed by atoms with van der Waals surface area (Å²) in [6.45, 7) is 0. The zero-order valence-electron chi connectivity index (χ0n) is 8.68. The number of nitrogens with two attached hydrogens (primary N) is 1. The van der Waals surface area contributed by atoms with Crippen LogP contribution < -0.4 is 5.73 Å². The molecule has 1 heterocycles. The molecule has 1 aromatic heterocycles. The lowest BCUT2D eigenvalue weighted by Crippen LogP contribution is -2.12. The Labute approximate surface area is 93.9 Å². The fraction of sp³-hybridized carbons (Fsp3) is 0.250. The molecule has 0 amide bonds. The predicted octanol–water partition coefficient (Wildman–Crippen LogP) is 2.60. The van der Waals surface area contributed by atoms with Crippen molar-refractivity contribution >= 4 is 22.7 Å². The van der Waals surface area contributed by atoms with Gasteiger partial charge in [-0.25, -0.2) is 0 Å². The quantitative estimate of drug-likeness (QED) is 0.860. The van der Waals surface area contributed by atoms with E-state index in [9.17, 15) is 0 Å². The summed E-state index contributed by atoms with van der Waals surface area (Å²) >= 11 is 1.76. The summed E-state index contributed by atoms with van der Waals surface area (Å²) in [5, 5.41) is 1.16. The van der Waals surface area contributed by atoms with Crippen LogP contribution in [-0.4, -0.2) is 17.0 Å². The van der Waals surface area contributed by atoms with Gasteiger partial charge in [-0.3, -0.25) is 4.98 Å². The lowest BCUT2D eigenvalue weighted by atomic mass is 10.1. The molecule has 0 saturated carbocycles. The fourth-order valence-corrected chi connectivity index (χ4v) is 2.14. The maximum absolute atomic E-state index is 6.05. The Hall–Kier alpha value is -1.06. The van der Waals surface area contributed by atoms with Gasteiger partial charge in [-0.2, -0.15) is 11.8 Å². The summed E-state index contributed by atoms with van der Waals surface area (Å²) in [6.07, 6.45) is 3.88. The molecule has 0 aliphatic carbocycles. The first-order chi connectivity index (χ1) is 7.31. The molecule has 0 bridgehead atoms. The monoisotopic (exact) mass is 218 g/mol. The number of benzene rings is 1. The first-order valence-corrected chi connectivity index (χ1v) is 6.30. The Morgan fingerprint density at radius 3 is 3.07 bits per heavy atom. The number of nitrogens with zero attached hydrogens (tertiary/aromatic N) is 1. The molecule has 15 heavy (non-hydrogen) atoms. The second kappa shape index (κ2) is 4.64. The van der Waals surface area contributed by atoms with E-state index in [-0.39, 0.29) is 6.04 Å². The Morgan fingerprint density at radius 1 is 1.40 bits per heavy atom. The molecule has 3 heteroatoms. The van der Waals surface area contributed by atoms with E-state index in [1.165, 1.54) is 0 Å². The molecule has 2 N–H and O–H groups in total. The molecule has 0 radical (unpaired) electrons. The van der Waals surface area contributed by atoms with E-state index in [1.807, 2.05) is 12.3 Å². The van der Waals surface area contributed by atoms with Crippen molar-refractivity contribution in [3.8, 4) is 0 Å². The highest BCUT2D eigenvalue weighted by Crippen LogP contribution is 2.19. The summed E-state index contributed by atoms with van der Waals surface area (Å²) in [7, 11) is 0. The van der Waals surface area contributed by atoms with Crippen molar-refractivity contribution in [2.75, 3.05) is 12.0 Å². The van der Waals surface area contributed by atoms with Gasteiger partial charge in [0.15, 0.2) is 0 Å².